The largest absolute Gasteiger partial charge is 0.478 e. The Bertz CT molecular complexity index is 2250. The van der Waals surface area contributed by atoms with Crippen LogP contribution < -0.4 is 5.32 Å². The molecule has 0 radical (unpaired) electrons. The van der Waals surface area contributed by atoms with E-state index in [0.717, 1.165) is 46.0 Å². The van der Waals surface area contributed by atoms with Crippen molar-refractivity contribution in [3.8, 4) is 34.2 Å². The number of rotatable bonds is 10. The van der Waals surface area contributed by atoms with Gasteiger partial charge < -0.3 is 20.6 Å². The van der Waals surface area contributed by atoms with Crippen molar-refractivity contribution < 1.29 is 56.0 Å². The number of alkyl halides is 6. The molecule has 0 saturated heterocycles. The second-order valence-corrected chi connectivity index (χ2v) is 10.9. The molecule has 0 atom stereocenters. The molecule has 17 nitrogen and oxygen atoms in total. The number of hydrogen-bond acceptors (Lipinski definition) is 11. The van der Waals surface area contributed by atoms with E-state index in [0.29, 0.717) is 12.1 Å². The molecule has 53 heavy (non-hydrogen) atoms. The van der Waals surface area contributed by atoms with Gasteiger partial charge in [-0.15, -0.1) is 15.3 Å². The number of pyridine rings is 1. The summed E-state index contributed by atoms with van der Waals surface area (Å²) < 4.78 is 85.0. The summed E-state index contributed by atoms with van der Waals surface area (Å²) in [5.74, 6) is -4.33. The lowest BCUT2D eigenvalue weighted by molar-refractivity contribution is -0.138. The molecule has 0 bridgehead atoms. The first-order valence-corrected chi connectivity index (χ1v) is 14.6. The third-order valence-corrected chi connectivity index (χ3v) is 7.36. The predicted octanol–water partition coefficient (Wildman–Crippen LogP) is 3.48. The van der Waals surface area contributed by atoms with E-state index in [-0.39, 0.29) is 52.1 Å². The Labute approximate surface area is 289 Å². The topological polar surface area (TPSA) is 229 Å². The minimum Gasteiger partial charge on any atom is -0.478 e. The second kappa shape index (κ2) is 13.6. The van der Waals surface area contributed by atoms with E-state index in [1.165, 1.54) is 23.0 Å². The molecule has 1 amide bonds. The first-order chi connectivity index (χ1) is 25.0. The van der Waals surface area contributed by atoms with Gasteiger partial charge in [0.15, 0.2) is 0 Å². The van der Waals surface area contributed by atoms with Gasteiger partial charge in [0.1, 0.15) is 23.8 Å². The van der Waals surface area contributed by atoms with E-state index in [2.05, 4.69) is 41.2 Å². The zero-order valence-electron chi connectivity index (χ0n) is 26.1. The molecule has 0 aliphatic heterocycles. The number of carbonyl (C=O) groups is 3. The summed E-state index contributed by atoms with van der Waals surface area (Å²) in [6.45, 7) is -0.623. The highest BCUT2D eigenvalue weighted by atomic mass is 19.4. The number of halogens is 6. The number of aliphatic hydroxyl groups excluding tert-OH is 1. The number of benzene rings is 2. The van der Waals surface area contributed by atoms with Gasteiger partial charge in [-0.25, -0.2) is 28.6 Å². The van der Waals surface area contributed by atoms with Gasteiger partial charge in [-0.2, -0.15) is 26.3 Å². The highest BCUT2D eigenvalue weighted by Crippen LogP contribution is 2.35. The standard InChI is InChI=1S/C30H19F6N11O6/c31-29(32,33)20-7-16(1-3-18(20)27(50)51)46-10-24(40-43-46)22-5-14(26(49)37-13-45-9-15(12-48)39-42-45)6-23(38-22)25-11-47(44-41-25)17-2-4-19(28(52)53)21(8-17)30(34,35)36/h1-11,48H,12-13H2,(H,37,49)(H,50,51)(H,52,53). The van der Waals surface area contributed by atoms with Crippen molar-refractivity contribution >= 4 is 17.8 Å². The van der Waals surface area contributed by atoms with Crippen LogP contribution in [0, 0.1) is 0 Å². The zero-order chi connectivity index (χ0) is 38.2. The van der Waals surface area contributed by atoms with Gasteiger partial charge in [0.25, 0.3) is 5.91 Å². The monoisotopic (exact) mass is 743 g/mol. The quantitative estimate of drug-likeness (QED) is 0.148. The molecule has 0 fully saturated rings. The Balaban J connectivity index is 1.39. The van der Waals surface area contributed by atoms with E-state index in [1.54, 1.807) is 0 Å². The minimum atomic E-state index is -5.03. The molecule has 0 aliphatic carbocycles. The summed E-state index contributed by atoms with van der Waals surface area (Å²) in [4.78, 5) is 40.5. The Kier molecular flexibility index (Phi) is 9.17. The molecular formula is C30H19F6N11O6. The minimum absolute atomic E-state index is 0.0832. The maximum atomic E-state index is 13.7. The average molecular weight is 744 g/mol. The molecular weight excluding hydrogens is 724 g/mol. The Morgan fingerprint density at radius 2 is 1.15 bits per heavy atom. The fraction of sp³-hybridized carbons (Fsp3) is 0.133. The molecule has 6 rings (SSSR count). The number of nitrogens with zero attached hydrogens (tertiary/aromatic N) is 10. The summed E-state index contributed by atoms with van der Waals surface area (Å²) in [5.41, 5.74) is -5.54. The van der Waals surface area contributed by atoms with Gasteiger partial charge in [-0.1, -0.05) is 15.6 Å². The maximum absolute atomic E-state index is 13.7. The predicted molar refractivity (Wildman–Crippen MR) is 162 cm³/mol. The van der Waals surface area contributed by atoms with E-state index in [9.17, 15) is 56.0 Å². The first kappa shape index (κ1) is 35.8. The summed E-state index contributed by atoms with van der Waals surface area (Å²) in [5, 5.41) is 53.2. The summed E-state index contributed by atoms with van der Waals surface area (Å²) >= 11 is 0. The fourth-order valence-electron chi connectivity index (χ4n) is 4.87. The molecule has 0 saturated carbocycles. The number of carbonyl (C=O) groups excluding carboxylic acids is 1. The lowest BCUT2D eigenvalue weighted by atomic mass is 10.1. The molecule has 4 heterocycles. The number of aliphatic hydroxyl groups is 1. The van der Waals surface area contributed by atoms with Crippen LogP contribution >= 0.6 is 0 Å². The summed E-state index contributed by atoms with van der Waals surface area (Å²) in [7, 11) is 0. The molecule has 4 aromatic heterocycles. The van der Waals surface area contributed by atoms with Crippen LogP contribution in [0.4, 0.5) is 26.3 Å². The van der Waals surface area contributed by atoms with Gasteiger partial charge in [0.05, 0.1) is 70.2 Å². The number of nitrogens with one attached hydrogen (secondary N) is 1. The van der Waals surface area contributed by atoms with E-state index in [1.807, 2.05) is 0 Å². The van der Waals surface area contributed by atoms with E-state index in [4.69, 9.17) is 0 Å². The van der Waals surface area contributed by atoms with Crippen LogP contribution in [0.1, 0.15) is 47.9 Å². The van der Waals surface area contributed by atoms with Crippen molar-refractivity contribution in [3.63, 3.8) is 0 Å². The van der Waals surface area contributed by atoms with E-state index >= 15 is 0 Å². The number of aromatic nitrogens is 10. The molecule has 0 unspecified atom stereocenters. The molecule has 0 spiro atoms. The Morgan fingerprint density at radius 3 is 1.57 bits per heavy atom. The molecule has 23 heteroatoms. The van der Waals surface area contributed by atoms with Crippen molar-refractivity contribution in [2.45, 2.75) is 25.6 Å². The highest BCUT2D eigenvalue weighted by molar-refractivity contribution is 5.96. The van der Waals surface area contributed by atoms with Crippen LogP contribution in [-0.2, 0) is 25.6 Å². The van der Waals surface area contributed by atoms with Crippen molar-refractivity contribution in [2.75, 3.05) is 0 Å². The normalized spacial score (nSPS) is 11.8. The number of hydrogen-bond donors (Lipinski definition) is 4. The smallest absolute Gasteiger partial charge is 0.417 e. The summed E-state index contributed by atoms with van der Waals surface area (Å²) in [6.07, 6.45) is -6.40. The van der Waals surface area contributed by atoms with Crippen LogP contribution in [0.25, 0.3) is 34.2 Å². The third-order valence-electron chi connectivity index (χ3n) is 7.36. The number of carboxylic acid groups (broad SMARTS) is 2. The van der Waals surface area contributed by atoms with Crippen molar-refractivity contribution in [2.24, 2.45) is 0 Å². The van der Waals surface area contributed by atoms with Gasteiger partial charge in [0.2, 0.25) is 0 Å². The van der Waals surface area contributed by atoms with Crippen molar-refractivity contribution in [1.29, 1.82) is 0 Å². The van der Waals surface area contributed by atoms with Gasteiger partial charge in [-0.05, 0) is 48.5 Å². The maximum Gasteiger partial charge on any atom is 0.417 e. The Hall–Kier alpha value is -7.04. The van der Waals surface area contributed by atoms with Crippen molar-refractivity contribution in [1.82, 2.24) is 55.3 Å². The summed E-state index contributed by atoms with van der Waals surface area (Å²) in [6, 6.07) is 7.23. The average Bonchev–Trinajstić information content (AvgIpc) is 3.91. The van der Waals surface area contributed by atoms with Crippen LogP contribution in [-0.4, -0.2) is 83.1 Å². The molecule has 4 N–H and O–H groups in total. The lowest BCUT2D eigenvalue weighted by Crippen LogP contribution is -2.26. The van der Waals surface area contributed by atoms with Crippen LogP contribution in [0.3, 0.4) is 0 Å². The SMILES string of the molecule is O=C(NCn1cc(CO)nn1)c1cc(-c2cn(-c3ccc(C(=O)O)c(C(F)(F)F)c3)nn2)nc(-c2cn(-c3ccc(C(=O)O)c(C(F)(F)F)c3)nn2)c1. The lowest BCUT2D eigenvalue weighted by Gasteiger charge is -2.12. The molecule has 2 aromatic carbocycles. The van der Waals surface area contributed by atoms with Crippen LogP contribution in [0.5, 0.6) is 0 Å². The molecule has 0 aliphatic rings. The van der Waals surface area contributed by atoms with Crippen LogP contribution in [0.2, 0.25) is 0 Å². The highest BCUT2D eigenvalue weighted by Gasteiger charge is 2.37. The molecule has 6 aromatic rings. The van der Waals surface area contributed by atoms with Crippen molar-refractivity contribution in [3.05, 3.63) is 101 Å². The first-order valence-electron chi connectivity index (χ1n) is 14.6. The van der Waals surface area contributed by atoms with Gasteiger partial charge in [-0.3, -0.25) is 4.79 Å². The Morgan fingerprint density at radius 1 is 0.660 bits per heavy atom. The van der Waals surface area contributed by atoms with E-state index < -0.39 is 59.1 Å². The number of amides is 1. The van der Waals surface area contributed by atoms with Crippen LogP contribution in [0.15, 0.2) is 67.1 Å². The third kappa shape index (κ3) is 7.53. The number of aromatic carboxylic acids is 2. The van der Waals surface area contributed by atoms with Gasteiger partial charge >= 0.3 is 24.3 Å². The van der Waals surface area contributed by atoms with Gasteiger partial charge in [0, 0.05) is 5.56 Å². The zero-order valence-corrected chi connectivity index (χ0v) is 26.1. The second-order valence-electron chi connectivity index (χ2n) is 10.9. The molecule has 272 valence electrons. The fourth-order valence-corrected chi connectivity index (χ4v) is 4.87. The number of carboxylic acids is 2.